The van der Waals surface area contributed by atoms with Crippen LogP contribution in [0, 0.1) is 5.92 Å². The first-order chi connectivity index (χ1) is 9.97. The predicted molar refractivity (Wildman–Crippen MR) is 81.4 cm³/mol. The number of anilines is 1. The summed E-state index contributed by atoms with van der Waals surface area (Å²) in [5, 5.41) is 8.93. The lowest BCUT2D eigenvalue weighted by atomic mass is 10.0. The number of carboxylic acids is 1. The summed E-state index contributed by atoms with van der Waals surface area (Å²) in [7, 11) is 0. The van der Waals surface area contributed by atoms with Crippen molar-refractivity contribution in [2.75, 3.05) is 31.1 Å². The lowest BCUT2D eigenvalue weighted by Gasteiger charge is -2.35. The van der Waals surface area contributed by atoms with Crippen molar-refractivity contribution in [2.24, 2.45) is 5.92 Å². The summed E-state index contributed by atoms with van der Waals surface area (Å²) in [6.07, 6.45) is 0.549. The van der Waals surface area contributed by atoms with Crippen LogP contribution in [0.4, 0.5) is 5.69 Å². The zero-order valence-electron chi connectivity index (χ0n) is 12.6. The average Bonchev–Trinajstić information content (AvgIpc) is 2.48. The van der Waals surface area contributed by atoms with Crippen LogP contribution < -0.4 is 4.90 Å². The summed E-state index contributed by atoms with van der Waals surface area (Å²) in [4.78, 5) is 26.3. The molecule has 0 bridgehead atoms. The van der Waals surface area contributed by atoms with Gasteiger partial charge in [-0.2, -0.15) is 0 Å². The fraction of sp³-hybridized carbons (Fsp3) is 0.500. The van der Waals surface area contributed by atoms with Gasteiger partial charge >= 0.3 is 5.97 Å². The van der Waals surface area contributed by atoms with Crippen LogP contribution in [0.1, 0.15) is 19.4 Å². The van der Waals surface area contributed by atoms with Gasteiger partial charge in [-0.15, -0.1) is 0 Å². The zero-order chi connectivity index (χ0) is 15.4. The number of carbonyl (C=O) groups excluding carboxylic acids is 1. The van der Waals surface area contributed by atoms with Gasteiger partial charge in [-0.1, -0.05) is 19.1 Å². The minimum atomic E-state index is -0.764. The van der Waals surface area contributed by atoms with Gasteiger partial charge in [0.2, 0.25) is 5.91 Å². The number of aliphatic carboxylic acids is 1. The van der Waals surface area contributed by atoms with Crippen molar-refractivity contribution in [1.29, 1.82) is 0 Å². The van der Waals surface area contributed by atoms with Crippen molar-refractivity contribution >= 4 is 17.6 Å². The maximum absolute atomic E-state index is 11.3. The van der Waals surface area contributed by atoms with Crippen LogP contribution in [0.25, 0.3) is 0 Å². The van der Waals surface area contributed by atoms with Crippen LogP contribution >= 0.6 is 0 Å². The summed E-state index contributed by atoms with van der Waals surface area (Å²) in [5.41, 5.74) is 2.17. The van der Waals surface area contributed by atoms with Crippen molar-refractivity contribution in [3.8, 4) is 0 Å². The molecule has 1 aromatic carbocycles. The van der Waals surface area contributed by atoms with E-state index in [1.165, 1.54) is 0 Å². The number of carbonyl (C=O) groups is 2. The van der Waals surface area contributed by atoms with E-state index in [9.17, 15) is 9.59 Å². The Labute approximate surface area is 125 Å². The maximum atomic E-state index is 11.3. The van der Waals surface area contributed by atoms with Crippen LogP contribution in [0.3, 0.4) is 0 Å². The predicted octanol–water partition coefficient (Wildman–Crippen LogP) is 1.62. The highest BCUT2D eigenvalue weighted by Gasteiger charge is 2.19. The number of benzene rings is 1. The Morgan fingerprint density at radius 3 is 2.19 bits per heavy atom. The van der Waals surface area contributed by atoms with Gasteiger partial charge in [0, 0.05) is 38.8 Å². The van der Waals surface area contributed by atoms with E-state index in [1.807, 2.05) is 29.2 Å². The molecule has 0 radical (unpaired) electrons. The Morgan fingerprint density at radius 2 is 1.71 bits per heavy atom. The molecule has 2 rings (SSSR count). The third-order valence-electron chi connectivity index (χ3n) is 3.99. The van der Waals surface area contributed by atoms with E-state index < -0.39 is 5.97 Å². The largest absolute Gasteiger partial charge is 0.481 e. The van der Waals surface area contributed by atoms with Crippen molar-refractivity contribution < 1.29 is 14.7 Å². The van der Waals surface area contributed by atoms with E-state index in [0.29, 0.717) is 6.42 Å². The molecule has 1 aliphatic rings. The van der Waals surface area contributed by atoms with E-state index in [0.717, 1.165) is 37.4 Å². The SMILES string of the molecule is CC(=O)N1CCN(c2ccc(C[C@H](C)C(=O)O)cc2)CC1. The molecule has 1 amide bonds. The van der Waals surface area contributed by atoms with E-state index >= 15 is 0 Å². The number of piperazine rings is 1. The highest BCUT2D eigenvalue weighted by molar-refractivity contribution is 5.73. The topological polar surface area (TPSA) is 60.9 Å². The molecule has 0 spiro atoms. The van der Waals surface area contributed by atoms with E-state index in [1.54, 1.807) is 13.8 Å². The number of hydrogen-bond acceptors (Lipinski definition) is 3. The summed E-state index contributed by atoms with van der Waals surface area (Å²) in [6.45, 7) is 6.51. The summed E-state index contributed by atoms with van der Waals surface area (Å²) >= 11 is 0. The molecule has 1 atom stereocenters. The highest BCUT2D eigenvalue weighted by atomic mass is 16.4. The quantitative estimate of drug-likeness (QED) is 0.915. The second-order valence-corrected chi connectivity index (χ2v) is 5.60. The number of carboxylic acid groups (broad SMARTS) is 1. The van der Waals surface area contributed by atoms with Gasteiger partial charge in [-0.25, -0.2) is 0 Å². The second-order valence-electron chi connectivity index (χ2n) is 5.60. The van der Waals surface area contributed by atoms with Crippen molar-refractivity contribution in [3.05, 3.63) is 29.8 Å². The molecule has 1 heterocycles. The van der Waals surface area contributed by atoms with Gasteiger partial charge in [0.25, 0.3) is 0 Å². The molecular weight excluding hydrogens is 268 g/mol. The lowest BCUT2D eigenvalue weighted by molar-refractivity contribution is -0.141. The first-order valence-corrected chi connectivity index (χ1v) is 7.29. The first kappa shape index (κ1) is 15.4. The average molecular weight is 290 g/mol. The Balaban J connectivity index is 1.94. The third kappa shape index (κ3) is 3.97. The molecule has 21 heavy (non-hydrogen) atoms. The molecule has 0 aromatic heterocycles. The van der Waals surface area contributed by atoms with Gasteiger partial charge in [0.15, 0.2) is 0 Å². The van der Waals surface area contributed by atoms with Crippen LogP contribution in [-0.2, 0) is 16.0 Å². The van der Waals surface area contributed by atoms with E-state index in [4.69, 9.17) is 5.11 Å². The van der Waals surface area contributed by atoms with Gasteiger partial charge in [-0.05, 0) is 24.1 Å². The van der Waals surface area contributed by atoms with Gasteiger partial charge in [0.05, 0.1) is 5.92 Å². The first-order valence-electron chi connectivity index (χ1n) is 7.29. The van der Waals surface area contributed by atoms with E-state index in [2.05, 4.69) is 4.90 Å². The molecule has 0 aliphatic carbocycles. The van der Waals surface area contributed by atoms with Gasteiger partial charge < -0.3 is 14.9 Å². The number of rotatable bonds is 4. The van der Waals surface area contributed by atoms with Crippen molar-refractivity contribution in [3.63, 3.8) is 0 Å². The number of nitrogens with zero attached hydrogens (tertiary/aromatic N) is 2. The Hall–Kier alpha value is -2.04. The molecule has 1 aromatic rings. The fourth-order valence-corrected chi connectivity index (χ4v) is 2.56. The molecule has 5 heteroatoms. The molecule has 1 N–H and O–H groups in total. The Morgan fingerprint density at radius 1 is 1.14 bits per heavy atom. The van der Waals surface area contributed by atoms with Crippen LogP contribution in [-0.4, -0.2) is 48.1 Å². The molecule has 1 fully saturated rings. The van der Waals surface area contributed by atoms with Crippen LogP contribution in [0.5, 0.6) is 0 Å². The standard InChI is InChI=1S/C16H22N2O3/c1-12(16(20)21)11-14-3-5-15(6-4-14)18-9-7-17(8-10-18)13(2)19/h3-6,12H,7-11H2,1-2H3,(H,20,21)/t12-/m0/s1. The Kier molecular flexibility index (Phi) is 4.83. The molecule has 0 unspecified atom stereocenters. The molecular formula is C16H22N2O3. The molecule has 1 saturated heterocycles. The van der Waals surface area contributed by atoms with Crippen LogP contribution in [0.2, 0.25) is 0 Å². The monoisotopic (exact) mass is 290 g/mol. The van der Waals surface area contributed by atoms with Crippen molar-refractivity contribution in [1.82, 2.24) is 4.90 Å². The van der Waals surface area contributed by atoms with Crippen LogP contribution in [0.15, 0.2) is 24.3 Å². The highest BCUT2D eigenvalue weighted by Crippen LogP contribution is 2.19. The maximum Gasteiger partial charge on any atom is 0.306 e. The normalized spacial score (nSPS) is 16.7. The van der Waals surface area contributed by atoms with Gasteiger partial charge in [-0.3, -0.25) is 9.59 Å². The summed E-state index contributed by atoms with van der Waals surface area (Å²) < 4.78 is 0. The molecule has 114 valence electrons. The third-order valence-corrected chi connectivity index (χ3v) is 3.99. The zero-order valence-corrected chi connectivity index (χ0v) is 12.6. The lowest BCUT2D eigenvalue weighted by Crippen LogP contribution is -2.48. The molecule has 5 nitrogen and oxygen atoms in total. The van der Waals surface area contributed by atoms with E-state index in [-0.39, 0.29) is 11.8 Å². The molecule has 0 saturated carbocycles. The number of hydrogen-bond donors (Lipinski definition) is 1. The minimum Gasteiger partial charge on any atom is -0.481 e. The number of amides is 1. The smallest absolute Gasteiger partial charge is 0.306 e. The second kappa shape index (κ2) is 6.61. The Bertz CT molecular complexity index is 505. The fourth-order valence-electron chi connectivity index (χ4n) is 2.56. The summed E-state index contributed by atoms with van der Waals surface area (Å²) in [5.74, 6) is -0.998. The summed E-state index contributed by atoms with van der Waals surface area (Å²) in [6, 6.07) is 8.05. The minimum absolute atomic E-state index is 0.132. The van der Waals surface area contributed by atoms with Gasteiger partial charge in [0.1, 0.15) is 0 Å². The molecule has 1 aliphatic heterocycles. The van der Waals surface area contributed by atoms with Crippen molar-refractivity contribution in [2.45, 2.75) is 20.3 Å².